The van der Waals surface area contributed by atoms with Crippen molar-refractivity contribution in [1.29, 1.82) is 0 Å². The lowest BCUT2D eigenvalue weighted by molar-refractivity contribution is 0.0973. The molecule has 0 fully saturated rings. The molecule has 6 heteroatoms. The van der Waals surface area contributed by atoms with Crippen LogP contribution in [0.2, 0.25) is 0 Å². The van der Waals surface area contributed by atoms with Crippen LogP contribution in [0.25, 0.3) is 0 Å². The predicted octanol–water partition coefficient (Wildman–Crippen LogP) is 1.05. The number of amides is 1. The van der Waals surface area contributed by atoms with Crippen LogP contribution in [0.3, 0.4) is 0 Å². The van der Waals surface area contributed by atoms with E-state index in [9.17, 15) is 9.59 Å². The van der Waals surface area contributed by atoms with Crippen molar-refractivity contribution in [2.24, 2.45) is 4.99 Å². The number of nitrogens with one attached hydrogen (secondary N) is 2. The number of nitrogens with zero attached hydrogens (tertiary/aromatic N) is 1. The Morgan fingerprint density at radius 3 is 2.75 bits per heavy atom. The minimum atomic E-state index is -0.263. The smallest absolute Gasteiger partial charge is 0.273 e. The largest absolute Gasteiger partial charge is 0.348 e. The van der Waals surface area contributed by atoms with Crippen LogP contribution in [0.4, 0.5) is 0 Å². The summed E-state index contributed by atoms with van der Waals surface area (Å²) in [6.07, 6.45) is 0. The van der Waals surface area contributed by atoms with Crippen molar-refractivity contribution in [3.8, 4) is 0 Å². The summed E-state index contributed by atoms with van der Waals surface area (Å²) in [5.74, 6) is 0.547. The maximum Gasteiger partial charge on any atom is 0.273 e. The van der Waals surface area contributed by atoms with Crippen molar-refractivity contribution in [3.63, 3.8) is 0 Å². The third-order valence-electron chi connectivity index (χ3n) is 2.12. The molecule has 0 saturated heterocycles. The summed E-state index contributed by atoms with van der Waals surface area (Å²) in [6, 6.07) is 3.19. The first kappa shape index (κ1) is 10.9. The van der Waals surface area contributed by atoms with Crippen molar-refractivity contribution < 1.29 is 9.59 Å². The Morgan fingerprint density at radius 2 is 2.19 bits per heavy atom. The van der Waals surface area contributed by atoms with E-state index in [1.54, 1.807) is 12.1 Å². The first-order valence-corrected chi connectivity index (χ1v) is 5.84. The summed E-state index contributed by atoms with van der Waals surface area (Å²) in [6.45, 7) is 2.19. The minimum absolute atomic E-state index is 0.0911. The highest BCUT2D eigenvalue weighted by atomic mass is 32.2. The van der Waals surface area contributed by atoms with Crippen LogP contribution in [0.1, 0.15) is 27.9 Å². The number of thioether (sulfide) groups is 1. The molecule has 1 amide bonds. The summed E-state index contributed by atoms with van der Waals surface area (Å²) >= 11 is 1.52. The van der Waals surface area contributed by atoms with Gasteiger partial charge in [-0.05, 0) is 12.1 Å². The number of Topliss-reactive ketones (excluding diaryl/α,β-unsaturated/α-hetero) is 1. The van der Waals surface area contributed by atoms with E-state index in [0.717, 1.165) is 12.3 Å². The number of H-pyrrole nitrogens is 1. The molecule has 0 aliphatic carbocycles. The highest BCUT2D eigenvalue weighted by Gasteiger charge is 2.14. The van der Waals surface area contributed by atoms with Crippen LogP contribution in [-0.2, 0) is 0 Å². The van der Waals surface area contributed by atoms with Crippen LogP contribution < -0.4 is 5.32 Å². The molecule has 1 aromatic rings. The molecule has 0 bridgehead atoms. The number of ketones is 1. The van der Waals surface area contributed by atoms with E-state index in [4.69, 9.17) is 0 Å². The Morgan fingerprint density at radius 1 is 1.44 bits per heavy atom. The van der Waals surface area contributed by atoms with Crippen LogP contribution in [0.15, 0.2) is 17.1 Å². The van der Waals surface area contributed by atoms with E-state index in [2.05, 4.69) is 15.3 Å². The van der Waals surface area contributed by atoms with Crippen molar-refractivity contribution in [3.05, 3.63) is 23.5 Å². The number of hydrogen-bond donors (Lipinski definition) is 2. The second-order valence-electron chi connectivity index (χ2n) is 3.33. The fourth-order valence-electron chi connectivity index (χ4n) is 1.31. The molecule has 84 valence electrons. The third kappa shape index (κ3) is 2.33. The monoisotopic (exact) mass is 237 g/mol. The molecule has 1 aliphatic heterocycles. The van der Waals surface area contributed by atoms with Crippen LogP contribution >= 0.6 is 11.8 Å². The van der Waals surface area contributed by atoms with E-state index in [0.29, 0.717) is 16.6 Å². The molecular weight excluding hydrogens is 226 g/mol. The minimum Gasteiger partial charge on any atom is -0.348 e. The van der Waals surface area contributed by atoms with Gasteiger partial charge in [0.1, 0.15) is 5.69 Å². The van der Waals surface area contributed by atoms with Gasteiger partial charge in [0.05, 0.1) is 12.2 Å². The molecule has 0 spiro atoms. The fraction of sp³-hybridized carbons (Fsp3) is 0.300. The molecule has 16 heavy (non-hydrogen) atoms. The van der Waals surface area contributed by atoms with Gasteiger partial charge in [-0.3, -0.25) is 14.6 Å². The summed E-state index contributed by atoms with van der Waals surface area (Å²) in [4.78, 5) is 29.6. The number of aliphatic imine (C=N–C) groups is 1. The van der Waals surface area contributed by atoms with Crippen LogP contribution in [0.5, 0.6) is 0 Å². The van der Waals surface area contributed by atoms with Gasteiger partial charge in [0.2, 0.25) is 0 Å². The highest BCUT2D eigenvalue weighted by Crippen LogP contribution is 2.10. The van der Waals surface area contributed by atoms with E-state index < -0.39 is 0 Å². The maximum absolute atomic E-state index is 11.7. The summed E-state index contributed by atoms with van der Waals surface area (Å²) in [7, 11) is 0. The Kier molecular flexibility index (Phi) is 3.09. The molecule has 1 aliphatic rings. The van der Waals surface area contributed by atoms with Crippen LogP contribution in [0, 0.1) is 0 Å². The van der Waals surface area contributed by atoms with Gasteiger partial charge < -0.3 is 10.3 Å². The predicted molar refractivity (Wildman–Crippen MR) is 63.0 cm³/mol. The zero-order valence-corrected chi connectivity index (χ0v) is 9.56. The zero-order valence-electron chi connectivity index (χ0n) is 8.74. The average Bonchev–Trinajstić information content (AvgIpc) is 2.86. The van der Waals surface area contributed by atoms with Crippen molar-refractivity contribution in [2.45, 2.75) is 6.92 Å². The average molecular weight is 237 g/mol. The molecule has 0 saturated carbocycles. The highest BCUT2D eigenvalue weighted by molar-refractivity contribution is 8.14. The van der Waals surface area contributed by atoms with Gasteiger partial charge in [-0.2, -0.15) is 0 Å². The summed E-state index contributed by atoms with van der Waals surface area (Å²) < 4.78 is 0. The number of aromatic amines is 1. The molecule has 2 rings (SSSR count). The number of rotatable bonds is 2. The summed E-state index contributed by atoms with van der Waals surface area (Å²) in [5.41, 5.74) is 0.812. The molecule has 2 heterocycles. The second kappa shape index (κ2) is 4.52. The zero-order chi connectivity index (χ0) is 11.5. The molecule has 0 aromatic carbocycles. The topological polar surface area (TPSA) is 74.3 Å². The quantitative estimate of drug-likeness (QED) is 0.755. The summed E-state index contributed by atoms with van der Waals surface area (Å²) in [5, 5.41) is 3.32. The van der Waals surface area contributed by atoms with E-state index >= 15 is 0 Å². The molecule has 0 radical (unpaired) electrons. The number of carbonyl (C=O) groups excluding carboxylic acids is 2. The lowest BCUT2D eigenvalue weighted by atomic mass is 10.3. The molecule has 2 N–H and O–H groups in total. The van der Waals surface area contributed by atoms with Gasteiger partial charge >= 0.3 is 0 Å². The van der Waals surface area contributed by atoms with Crippen molar-refractivity contribution >= 4 is 28.6 Å². The van der Waals surface area contributed by atoms with Gasteiger partial charge in [0, 0.05) is 12.7 Å². The van der Waals surface area contributed by atoms with Crippen LogP contribution in [-0.4, -0.2) is 34.1 Å². The molecule has 5 nitrogen and oxygen atoms in total. The molecule has 0 atom stereocenters. The van der Waals surface area contributed by atoms with Crippen molar-refractivity contribution in [2.75, 3.05) is 12.3 Å². The lowest BCUT2D eigenvalue weighted by Crippen LogP contribution is -2.27. The molecular formula is C10H11N3O2S. The van der Waals surface area contributed by atoms with Gasteiger partial charge in [-0.15, -0.1) is 0 Å². The Bertz CT molecular complexity index is 464. The number of carbonyl (C=O) groups is 2. The van der Waals surface area contributed by atoms with Gasteiger partial charge in [0.25, 0.3) is 5.91 Å². The Balaban J connectivity index is 2.05. The Hall–Kier alpha value is -1.56. The maximum atomic E-state index is 11.7. The van der Waals surface area contributed by atoms with E-state index in [1.165, 1.54) is 18.7 Å². The SMILES string of the molecule is CC(=O)c1ccc(C(=O)NC2=NCCS2)[nH]1. The van der Waals surface area contributed by atoms with Gasteiger partial charge in [-0.1, -0.05) is 11.8 Å². The third-order valence-corrected chi connectivity index (χ3v) is 3.01. The molecule has 1 aromatic heterocycles. The number of hydrogen-bond acceptors (Lipinski definition) is 4. The number of aromatic nitrogens is 1. The second-order valence-corrected chi connectivity index (χ2v) is 4.41. The van der Waals surface area contributed by atoms with Gasteiger partial charge in [0.15, 0.2) is 11.0 Å². The van der Waals surface area contributed by atoms with Crippen molar-refractivity contribution in [1.82, 2.24) is 10.3 Å². The standard InChI is InChI=1S/C10H11N3O2S/c1-6(14)7-2-3-8(12-7)9(15)13-10-11-4-5-16-10/h2-3,12H,4-5H2,1H3,(H,11,13,15). The fourth-order valence-corrected chi connectivity index (χ4v) is 2.03. The first-order chi connectivity index (χ1) is 7.66. The first-order valence-electron chi connectivity index (χ1n) is 4.85. The normalized spacial score (nSPS) is 14.7. The van der Waals surface area contributed by atoms with E-state index in [1.807, 2.05) is 0 Å². The number of amidine groups is 1. The van der Waals surface area contributed by atoms with Gasteiger partial charge in [-0.25, -0.2) is 0 Å². The lowest BCUT2D eigenvalue weighted by Gasteiger charge is -2.01. The van der Waals surface area contributed by atoms with E-state index in [-0.39, 0.29) is 11.7 Å². The Labute approximate surface area is 96.7 Å². The molecule has 0 unspecified atom stereocenters.